The Morgan fingerprint density at radius 2 is 2.05 bits per heavy atom. The van der Waals surface area contributed by atoms with Crippen LogP contribution >= 0.6 is 11.6 Å². The Morgan fingerprint density at radius 3 is 2.65 bits per heavy atom. The molecule has 0 aliphatic heterocycles. The molecule has 0 bridgehead atoms. The summed E-state index contributed by atoms with van der Waals surface area (Å²) in [4.78, 5) is 14.5. The molecule has 1 fully saturated rings. The molecule has 3 atom stereocenters. The molecule has 3 nitrogen and oxygen atoms in total. The minimum atomic E-state index is 0.137. The molecular weight excluding hydrogens is 272 g/mol. The minimum Gasteiger partial charge on any atom is -0.315 e. The van der Waals surface area contributed by atoms with E-state index in [0.29, 0.717) is 6.42 Å². The van der Waals surface area contributed by atoms with Gasteiger partial charge in [-0.15, -0.1) is 11.6 Å². The van der Waals surface area contributed by atoms with E-state index in [-0.39, 0.29) is 23.4 Å². The van der Waals surface area contributed by atoms with Gasteiger partial charge >= 0.3 is 0 Å². The monoisotopic (exact) mass is 294 g/mol. The molecule has 1 aliphatic carbocycles. The maximum Gasteiger partial charge on any atom is 0.227 e. The molecule has 1 saturated carbocycles. The van der Waals surface area contributed by atoms with Crippen LogP contribution in [-0.4, -0.2) is 30.4 Å². The van der Waals surface area contributed by atoms with Crippen LogP contribution in [0.25, 0.3) is 0 Å². The molecule has 1 aliphatic rings. The second-order valence-corrected chi connectivity index (χ2v) is 6.00. The molecule has 0 radical (unpaired) electrons. The third-order valence-electron chi connectivity index (χ3n) is 3.94. The van der Waals surface area contributed by atoms with Crippen LogP contribution in [0.3, 0.4) is 0 Å². The Morgan fingerprint density at radius 1 is 1.35 bits per heavy atom. The van der Waals surface area contributed by atoms with Crippen LogP contribution in [0.1, 0.15) is 32.6 Å². The number of alkyl halides is 1. The predicted octanol–water partition coefficient (Wildman–Crippen LogP) is 3.18. The number of likely N-dealkylation sites (N-methyl/N-ethyl adjacent to an activating group) is 1. The van der Waals surface area contributed by atoms with Crippen LogP contribution < -0.4 is 10.2 Å². The van der Waals surface area contributed by atoms with E-state index in [1.54, 1.807) is 0 Å². The highest BCUT2D eigenvalue weighted by atomic mass is 35.5. The summed E-state index contributed by atoms with van der Waals surface area (Å²) in [5, 5.41) is 3.45. The largest absolute Gasteiger partial charge is 0.315 e. The molecule has 1 aromatic rings. The van der Waals surface area contributed by atoms with E-state index in [9.17, 15) is 4.79 Å². The van der Waals surface area contributed by atoms with E-state index >= 15 is 0 Å². The van der Waals surface area contributed by atoms with Gasteiger partial charge in [-0.1, -0.05) is 25.1 Å². The molecule has 20 heavy (non-hydrogen) atoms. The lowest BCUT2D eigenvalue weighted by Gasteiger charge is -2.33. The smallest absolute Gasteiger partial charge is 0.227 e. The highest BCUT2D eigenvalue weighted by Gasteiger charge is 2.38. The Balaban J connectivity index is 2.29. The highest BCUT2D eigenvalue weighted by molar-refractivity contribution is 6.21. The summed E-state index contributed by atoms with van der Waals surface area (Å²) in [6.07, 6.45) is 3.20. The number of halogens is 1. The first-order chi connectivity index (χ1) is 9.67. The normalized spacial score (nSPS) is 25.6. The van der Waals surface area contributed by atoms with E-state index in [1.165, 1.54) is 0 Å². The second kappa shape index (κ2) is 7.09. The van der Waals surface area contributed by atoms with Crippen molar-refractivity contribution in [2.45, 2.75) is 50.1 Å². The summed E-state index contributed by atoms with van der Waals surface area (Å²) >= 11 is 6.32. The summed E-state index contributed by atoms with van der Waals surface area (Å²) in [6.45, 7) is 2.04. The molecule has 1 aromatic carbocycles. The molecule has 0 saturated heterocycles. The SMILES string of the molecule is CCCC(=O)N(c1ccccc1)C1CC(Cl)CC1NC. The van der Waals surface area contributed by atoms with Crippen molar-refractivity contribution < 1.29 is 4.79 Å². The molecule has 3 unspecified atom stereocenters. The molecule has 110 valence electrons. The Kier molecular flexibility index (Phi) is 5.44. The number of anilines is 1. The number of amides is 1. The quantitative estimate of drug-likeness (QED) is 0.846. The average molecular weight is 295 g/mol. The lowest BCUT2D eigenvalue weighted by Crippen LogP contribution is -2.49. The molecule has 4 heteroatoms. The van der Waals surface area contributed by atoms with Crippen molar-refractivity contribution in [3.05, 3.63) is 30.3 Å². The number of benzene rings is 1. The first kappa shape index (κ1) is 15.3. The second-order valence-electron chi connectivity index (χ2n) is 5.38. The number of hydrogen-bond acceptors (Lipinski definition) is 2. The number of hydrogen-bond donors (Lipinski definition) is 1. The lowest BCUT2D eigenvalue weighted by molar-refractivity contribution is -0.119. The minimum absolute atomic E-state index is 0.137. The summed E-state index contributed by atoms with van der Waals surface area (Å²) in [6, 6.07) is 10.3. The Bertz CT molecular complexity index is 437. The summed E-state index contributed by atoms with van der Waals surface area (Å²) in [5.41, 5.74) is 0.974. The van der Waals surface area contributed by atoms with Gasteiger partial charge in [0.2, 0.25) is 5.91 Å². The number of nitrogens with zero attached hydrogens (tertiary/aromatic N) is 1. The van der Waals surface area contributed by atoms with Gasteiger partial charge in [0, 0.05) is 23.5 Å². The van der Waals surface area contributed by atoms with Gasteiger partial charge in [-0.3, -0.25) is 4.79 Å². The highest BCUT2D eigenvalue weighted by Crippen LogP contribution is 2.32. The molecule has 0 spiro atoms. The van der Waals surface area contributed by atoms with Crippen molar-refractivity contribution >= 4 is 23.2 Å². The molecule has 1 amide bonds. The van der Waals surface area contributed by atoms with E-state index < -0.39 is 0 Å². The zero-order chi connectivity index (χ0) is 14.5. The molecule has 1 N–H and O–H groups in total. The fourth-order valence-electron chi connectivity index (χ4n) is 2.99. The van der Waals surface area contributed by atoms with Gasteiger partial charge in [-0.25, -0.2) is 0 Å². The van der Waals surface area contributed by atoms with Crippen molar-refractivity contribution in [2.24, 2.45) is 0 Å². The molecule has 2 rings (SSSR count). The van der Waals surface area contributed by atoms with Gasteiger partial charge in [-0.2, -0.15) is 0 Å². The molecular formula is C16H23ClN2O. The van der Waals surface area contributed by atoms with Gasteiger partial charge < -0.3 is 10.2 Å². The Labute approximate surface area is 126 Å². The van der Waals surface area contributed by atoms with Crippen LogP contribution in [-0.2, 0) is 4.79 Å². The summed E-state index contributed by atoms with van der Waals surface area (Å²) in [7, 11) is 1.94. The topological polar surface area (TPSA) is 32.3 Å². The van der Waals surface area contributed by atoms with Gasteiger partial charge in [-0.05, 0) is 38.4 Å². The maximum atomic E-state index is 12.6. The number of para-hydroxylation sites is 1. The van der Waals surface area contributed by atoms with Crippen molar-refractivity contribution in [1.29, 1.82) is 0 Å². The maximum absolute atomic E-state index is 12.6. The fraction of sp³-hybridized carbons (Fsp3) is 0.562. The van der Waals surface area contributed by atoms with E-state index in [0.717, 1.165) is 24.9 Å². The lowest BCUT2D eigenvalue weighted by atomic mass is 10.1. The zero-order valence-electron chi connectivity index (χ0n) is 12.2. The van der Waals surface area contributed by atoms with Crippen LogP contribution in [0, 0.1) is 0 Å². The summed E-state index contributed by atoms with van der Waals surface area (Å²) < 4.78 is 0. The summed E-state index contributed by atoms with van der Waals surface area (Å²) in [5.74, 6) is 0.190. The average Bonchev–Trinajstić information content (AvgIpc) is 2.81. The molecule has 0 aromatic heterocycles. The number of carbonyl (C=O) groups excluding carboxylic acids is 1. The van der Waals surface area contributed by atoms with E-state index in [1.807, 2.05) is 49.2 Å². The fourth-order valence-corrected chi connectivity index (χ4v) is 3.37. The van der Waals surface area contributed by atoms with Crippen LogP contribution in [0.5, 0.6) is 0 Å². The van der Waals surface area contributed by atoms with Crippen molar-refractivity contribution in [3.8, 4) is 0 Å². The number of carbonyl (C=O) groups is 1. The van der Waals surface area contributed by atoms with Crippen LogP contribution in [0.2, 0.25) is 0 Å². The standard InChI is InChI=1S/C16H23ClN2O/c1-3-7-16(20)19(13-8-5-4-6-9-13)15-11-12(17)10-14(15)18-2/h4-6,8-9,12,14-15,18H,3,7,10-11H2,1-2H3. The van der Waals surface area contributed by atoms with Crippen molar-refractivity contribution in [1.82, 2.24) is 5.32 Å². The van der Waals surface area contributed by atoms with Gasteiger partial charge in [0.25, 0.3) is 0 Å². The van der Waals surface area contributed by atoms with Crippen molar-refractivity contribution in [2.75, 3.05) is 11.9 Å². The van der Waals surface area contributed by atoms with Gasteiger partial charge in [0.15, 0.2) is 0 Å². The first-order valence-corrected chi connectivity index (χ1v) is 7.79. The zero-order valence-corrected chi connectivity index (χ0v) is 12.9. The first-order valence-electron chi connectivity index (χ1n) is 7.35. The molecule has 0 heterocycles. The van der Waals surface area contributed by atoms with Crippen LogP contribution in [0.15, 0.2) is 30.3 Å². The van der Waals surface area contributed by atoms with Crippen molar-refractivity contribution in [3.63, 3.8) is 0 Å². The third-order valence-corrected chi connectivity index (χ3v) is 4.30. The Hall–Kier alpha value is -1.06. The van der Waals surface area contributed by atoms with Gasteiger partial charge in [0.1, 0.15) is 0 Å². The number of rotatable bonds is 5. The predicted molar refractivity (Wildman–Crippen MR) is 84.3 cm³/mol. The van der Waals surface area contributed by atoms with E-state index in [4.69, 9.17) is 11.6 Å². The van der Waals surface area contributed by atoms with Gasteiger partial charge in [0.05, 0.1) is 6.04 Å². The van der Waals surface area contributed by atoms with Crippen LogP contribution in [0.4, 0.5) is 5.69 Å². The third kappa shape index (κ3) is 3.33. The number of nitrogens with one attached hydrogen (secondary N) is 1. The van der Waals surface area contributed by atoms with E-state index in [2.05, 4.69) is 5.32 Å².